The molecular weight excluding hydrogens is 388 g/mol. The second kappa shape index (κ2) is 8.84. The topological polar surface area (TPSA) is 67.4 Å². The number of carbonyl (C=O) groups excluding carboxylic acids is 2. The Morgan fingerprint density at radius 2 is 1.52 bits per heavy atom. The van der Waals surface area contributed by atoms with Gasteiger partial charge in [-0.25, -0.2) is 0 Å². The monoisotopic (exact) mass is 426 g/mol. The van der Waals surface area contributed by atoms with Crippen molar-refractivity contribution in [2.45, 2.75) is 78.3 Å². The summed E-state index contributed by atoms with van der Waals surface area (Å²) < 4.78 is 5.45. The van der Waals surface area contributed by atoms with Gasteiger partial charge >= 0.3 is 0 Å². The van der Waals surface area contributed by atoms with Crippen molar-refractivity contribution in [1.29, 1.82) is 0 Å². The van der Waals surface area contributed by atoms with Gasteiger partial charge in [0.25, 0.3) is 5.91 Å². The first-order valence-electron chi connectivity index (χ1n) is 12.1. The lowest BCUT2D eigenvalue weighted by Crippen LogP contribution is -2.59. The van der Waals surface area contributed by atoms with E-state index >= 15 is 0 Å². The van der Waals surface area contributed by atoms with Crippen molar-refractivity contribution in [3.8, 4) is 5.75 Å². The maximum absolute atomic E-state index is 13.2. The molecule has 4 fully saturated rings. The average Bonchev–Trinajstić information content (AvgIpc) is 2.71. The first kappa shape index (κ1) is 22.2. The van der Waals surface area contributed by atoms with Crippen molar-refractivity contribution < 1.29 is 14.3 Å². The number of nitrogens with one attached hydrogen (secondary N) is 2. The van der Waals surface area contributed by atoms with Gasteiger partial charge in [-0.3, -0.25) is 9.59 Å². The molecule has 5 rings (SSSR count). The van der Waals surface area contributed by atoms with Crippen LogP contribution in [-0.4, -0.2) is 30.5 Å². The normalized spacial score (nSPS) is 30.7. The lowest BCUT2D eigenvalue weighted by Gasteiger charge is -2.59. The summed E-state index contributed by atoms with van der Waals surface area (Å²) in [6.07, 6.45) is 7.95. The molecule has 0 radical (unpaired) electrons. The SMILES string of the molecule is CCOc1ccc(C(=O)N[C@H](C(=O)N[C@H](C)C23CC4CC(CC(C4)C2)C3)C(C)C)cc1. The molecule has 2 amide bonds. The fraction of sp³-hybridized carbons (Fsp3) is 0.692. The standard InChI is InChI=1S/C26H38N2O3/c1-5-31-22-8-6-21(7-9-22)24(29)28-23(16(2)3)25(30)27-17(4)26-13-18-10-19(14-26)12-20(11-18)15-26/h6-9,16-20,23H,5,10-15H2,1-4H3,(H,27,30)(H,28,29)/t17-,18?,19?,20?,23+,26?/m1/s1. The number of benzene rings is 1. The van der Waals surface area contributed by atoms with E-state index < -0.39 is 6.04 Å². The van der Waals surface area contributed by atoms with E-state index in [-0.39, 0.29) is 29.2 Å². The van der Waals surface area contributed by atoms with E-state index in [0.717, 1.165) is 23.5 Å². The zero-order valence-electron chi connectivity index (χ0n) is 19.4. The maximum Gasteiger partial charge on any atom is 0.251 e. The van der Waals surface area contributed by atoms with Crippen LogP contribution in [0.3, 0.4) is 0 Å². The number of carbonyl (C=O) groups is 2. The zero-order chi connectivity index (χ0) is 22.2. The van der Waals surface area contributed by atoms with E-state index in [1.807, 2.05) is 20.8 Å². The van der Waals surface area contributed by atoms with Crippen LogP contribution in [-0.2, 0) is 4.79 Å². The van der Waals surface area contributed by atoms with Gasteiger partial charge in [0, 0.05) is 11.6 Å². The Morgan fingerprint density at radius 1 is 0.968 bits per heavy atom. The minimum atomic E-state index is -0.546. The second-order valence-electron chi connectivity index (χ2n) is 10.7. The molecule has 0 aromatic heterocycles. The zero-order valence-corrected chi connectivity index (χ0v) is 19.4. The molecule has 2 N–H and O–H groups in total. The van der Waals surface area contributed by atoms with Gasteiger partial charge in [-0.15, -0.1) is 0 Å². The van der Waals surface area contributed by atoms with Crippen molar-refractivity contribution in [1.82, 2.24) is 10.6 Å². The minimum absolute atomic E-state index is 0.00945. The number of hydrogen-bond donors (Lipinski definition) is 2. The van der Waals surface area contributed by atoms with E-state index in [4.69, 9.17) is 4.74 Å². The number of hydrogen-bond acceptors (Lipinski definition) is 3. The average molecular weight is 427 g/mol. The summed E-state index contributed by atoms with van der Waals surface area (Å²) in [5.41, 5.74) is 0.793. The van der Waals surface area contributed by atoms with Crippen LogP contribution in [0.25, 0.3) is 0 Å². The van der Waals surface area contributed by atoms with Crippen LogP contribution >= 0.6 is 0 Å². The Morgan fingerprint density at radius 3 is 2.00 bits per heavy atom. The molecule has 2 atom stereocenters. The van der Waals surface area contributed by atoms with Crippen molar-refractivity contribution in [2.75, 3.05) is 6.61 Å². The molecule has 170 valence electrons. The highest BCUT2D eigenvalue weighted by molar-refractivity contribution is 5.97. The third kappa shape index (κ3) is 4.61. The Hall–Kier alpha value is -2.04. The maximum atomic E-state index is 13.2. The molecule has 4 bridgehead atoms. The van der Waals surface area contributed by atoms with Crippen LogP contribution in [0.5, 0.6) is 5.75 Å². The second-order valence-corrected chi connectivity index (χ2v) is 10.7. The van der Waals surface area contributed by atoms with E-state index in [0.29, 0.717) is 12.2 Å². The third-order valence-corrected chi connectivity index (χ3v) is 8.03. The summed E-state index contributed by atoms with van der Waals surface area (Å²) in [6.45, 7) is 8.67. The smallest absolute Gasteiger partial charge is 0.251 e. The molecule has 0 aliphatic heterocycles. The number of rotatable bonds is 8. The number of ether oxygens (including phenoxy) is 1. The van der Waals surface area contributed by atoms with Crippen molar-refractivity contribution in [2.24, 2.45) is 29.1 Å². The van der Waals surface area contributed by atoms with Crippen molar-refractivity contribution in [3.05, 3.63) is 29.8 Å². The summed E-state index contributed by atoms with van der Waals surface area (Å²) in [7, 11) is 0. The molecule has 0 heterocycles. The molecule has 1 aromatic carbocycles. The first-order valence-corrected chi connectivity index (χ1v) is 12.1. The fourth-order valence-electron chi connectivity index (χ4n) is 6.79. The van der Waals surface area contributed by atoms with Crippen LogP contribution in [0, 0.1) is 29.1 Å². The lowest BCUT2D eigenvalue weighted by molar-refractivity contribution is -0.128. The molecule has 31 heavy (non-hydrogen) atoms. The van der Waals surface area contributed by atoms with Crippen molar-refractivity contribution >= 4 is 11.8 Å². The van der Waals surface area contributed by atoms with Crippen LogP contribution in [0.15, 0.2) is 24.3 Å². The van der Waals surface area contributed by atoms with Crippen LogP contribution in [0.2, 0.25) is 0 Å². The Kier molecular flexibility index (Phi) is 6.32. The van der Waals surface area contributed by atoms with Gasteiger partial charge in [-0.2, -0.15) is 0 Å². The van der Waals surface area contributed by atoms with E-state index in [2.05, 4.69) is 17.6 Å². The van der Waals surface area contributed by atoms with Gasteiger partial charge in [0.2, 0.25) is 5.91 Å². The molecule has 0 spiro atoms. The predicted molar refractivity (Wildman–Crippen MR) is 122 cm³/mol. The largest absolute Gasteiger partial charge is 0.494 e. The molecule has 5 nitrogen and oxygen atoms in total. The van der Waals surface area contributed by atoms with Gasteiger partial charge < -0.3 is 15.4 Å². The summed E-state index contributed by atoms with van der Waals surface area (Å²) in [6, 6.07) is 6.67. The van der Waals surface area contributed by atoms with Crippen LogP contribution < -0.4 is 15.4 Å². The number of amides is 2. The highest BCUT2D eigenvalue weighted by Gasteiger charge is 2.53. The third-order valence-electron chi connectivity index (χ3n) is 8.03. The molecule has 0 saturated heterocycles. The molecule has 1 aromatic rings. The Labute approximate surface area is 186 Å². The highest BCUT2D eigenvalue weighted by Crippen LogP contribution is 2.61. The lowest BCUT2D eigenvalue weighted by atomic mass is 9.48. The minimum Gasteiger partial charge on any atom is -0.494 e. The quantitative estimate of drug-likeness (QED) is 0.640. The summed E-state index contributed by atoms with van der Waals surface area (Å²) in [5, 5.41) is 6.30. The summed E-state index contributed by atoms with van der Waals surface area (Å²) in [5.74, 6) is 3.02. The fourth-order valence-corrected chi connectivity index (χ4v) is 6.79. The molecule has 4 aliphatic rings. The molecule has 0 unspecified atom stereocenters. The predicted octanol–water partition coefficient (Wildman–Crippen LogP) is 4.56. The summed E-state index contributed by atoms with van der Waals surface area (Å²) in [4.78, 5) is 26.1. The Balaban J connectivity index is 1.40. The first-order chi connectivity index (χ1) is 14.8. The van der Waals surface area contributed by atoms with Gasteiger partial charge in [0.15, 0.2) is 0 Å². The van der Waals surface area contributed by atoms with Crippen LogP contribution in [0.4, 0.5) is 0 Å². The molecule has 5 heteroatoms. The van der Waals surface area contributed by atoms with E-state index in [1.54, 1.807) is 24.3 Å². The van der Waals surface area contributed by atoms with Gasteiger partial charge in [-0.1, -0.05) is 13.8 Å². The highest BCUT2D eigenvalue weighted by atomic mass is 16.5. The van der Waals surface area contributed by atoms with Crippen LogP contribution in [0.1, 0.15) is 76.6 Å². The van der Waals surface area contributed by atoms with E-state index in [1.165, 1.54) is 38.5 Å². The van der Waals surface area contributed by atoms with Crippen molar-refractivity contribution in [3.63, 3.8) is 0 Å². The summed E-state index contributed by atoms with van der Waals surface area (Å²) >= 11 is 0. The molecule has 4 saturated carbocycles. The van der Waals surface area contributed by atoms with E-state index in [9.17, 15) is 9.59 Å². The van der Waals surface area contributed by atoms with Gasteiger partial charge in [-0.05, 0) is 106 Å². The van der Waals surface area contributed by atoms with Gasteiger partial charge in [0.1, 0.15) is 11.8 Å². The van der Waals surface area contributed by atoms with Gasteiger partial charge in [0.05, 0.1) is 6.61 Å². The molecular formula is C26H38N2O3. The molecule has 4 aliphatic carbocycles. The Bertz CT molecular complexity index is 766.